The molecule has 3 aromatic rings. The van der Waals surface area contributed by atoms with E-state index in [1.54, 1.807) is 4.90 Å². The van der Waals surface area contributed by atoms with E-state index in [1.807, 2.05) is 126 Å². The van der Waals surface area contributed by atoms with Gasteiger partial charge in [-0.2, -0.15) is 0 Å². The summed E-state index contributed by atoms with van der Waals surface area (Å²) in [4.78, 5) is 33.3. The monoisotopic (exact) mass is 701 g/mol. The highest BCUT2D eigenvalue weighted by Crippen LogP contribution is 2.39. The van der Waals surface area contributed by atoms with Crippen molar-refractivity contribution in [1.82, 2.24) is 4.90 Å². The molecule has 282 valence electrons. The average molecular weight is 701 g/mol. The minimum Gasteiger partial charge on any atom is -0.400 e. The van der Waals surface area contributed by atoms with Crippen LogP contribution in [0.5, 0.6) is 0 Å². The summed E-state index contributed by atoms with van der Waals surface area (Å²) in [7, 11) is 3.11. The first-order chi connectivity index (χ1) is 24.8. The average Bonchev–Trinajstić information content (AvgIpc) is 3.28. The van der Waals surface area contributed by atoms with Gasteiger partial charge >= 0.3 is 0 Å². The molecule has 2 amide bonds. The van der Waals surface area contributed by atoms with Crippen LogP contribution >= 0.6 is 0 Å². The lowest BCUT2D eigenvalue weighted by Crippen LogP contribution is -2.41. The molecular formula is C44H68N4O3. The molecule has 0 aliphatic carbocycles. The second kappa shape index (κ2) is 31.5. The molecule has 1 aliphatic heterocycles. The number of carbonyl (C=O) groups excluding carboxylic acids is 2. The van der Waals surface area contributed by atoms with Gasteiger partial charge in [0, 0.05) is 50.6 Å². The standard InChI is InChI=1S/C29H34N4O2.C5H10.C5H8.2C2H6.CH4O/c1-22(2)31(3)18-19-32-21-23(20-28(34)30-24-12-6-4-7-13-24)29(35)33(25-14-8-5-9-15-25)27-17-11-10-16-26(27)32;2*1-3-5-4-2;3*1-2/h4-17,22-23H,18-21H2,1-3H3,(H,30,34);3,5H,4H2,1-2H3;3-4H,1-2,5H2;2*1-2H3;2H,1H3/b;5-3-;;;;. The van der Waals surface area contributed by atoms with E-state index in [1.165, 1.54) is 0 Å². The maximum Gasteiger partial charge on any atom is 0.237 e. The number of rotatable bonds is 11. The third-order valence-electron chi connectivity index (χ3n) is 7.39. The first-order valence-corrected chi connectivity index (χ1v) is 18.3. The van der Waals surface area contributed by atoms with Crippen LogP contribution in [-0.4, -0.2) is 61.7 Å². The number of para-hydroxylation sites is 4. The quantitative estimate of drug-likeness (QED) is 0.195. The molecule has 7 nitrogen and oxygen atoms in total. The summed E-state index contributed by atoms with van der Waals surface area (Å²) in [6, 6.07) is 27.5. The van der Waals surface area contributed by atoms with Gasteiger partial charge in [0.15, 0.2) is 0 Å². The molecule has 51 heavy (non-hydrogen) atoms. The fourth-order valence-corrected chi connectivity index (χ4v) is 4.72. The molecule has 4 rings (SSSR count). The number of benzene rings is 3. The first-order valence-electron chi connectivity index (χ1n) is 18.3. The number of amides is 2. The fourth-order valence-electron chi connectivity index (χ4n) is 4.72. The minimum absolute atomic E-state index is 0.0634. The lowest BCUT2D eigenvalue weighted by Gasteiger charge is -2.30. The molecular weight excluding hydrogens is 633 g/mol. The van der Waals surface area contributed by atoms with Crippen LogP contribution in [0.1, 0.15) is 74.7 Å². The maximum atomic E-state index is 14.0. The molecule has 0 aromatic heterocycles. The Morgan fingerprint density at radius 1 is 0.902 bits per heavy atom. The zero-order valence-electron chi connectivity index (χ0n) is 33.3. The van der Waals surface area contributed by atoms with Crippen molar-refractivity contribution in [3.8, 4) is 0 Å². The highest BCUT2D eigenvalue weighted by molar-refractivity contribution is 6.07. The van der Waals surface area contributed by atoms with Gasteiger partial charge in [0.1, 0.15) is 0 Å². The van der Waals surface area contributed by atoms with Gasteiger partial charge in [0.05, 0.1) is 17.3 Å². The smallest absolute Gasteiger partial charge is 0.237 e. The number of carbonyl (C=O) groups is 2. The molecule has 0 saturated heterocycles. The number of hydrogen-bond acceptors (Lipinski definition) is 5. The number of likely N-dealkylation sites (N-methyl/N-ethyl adjacent to an activating group) is 1. The van der Waals surface area contributed by atoms with E-state index in [4.69, 9.17) is 5.11 Å². The highest BCUT2D eigenvalue weighted by Gasteiger charge is 2.35. The summed E-state index contributed by atoms with van der Waals surface area (Å²) in [5.74, 6) is -0.713. The molecule has 7 heteroatoms. The van der Waals surface area contributed by atoms with Crippen LogP contribution in [-0.2, 0) is 9.59 Å². The second-order valence-corrected chi connectivity index (χ2v) is 11.1. The predicted molar refractivity (Wildman–Crippen MR) is 224 cm³/mol. The van der Waals surface area contributed by atoms with Crippen molar-refractivity contribution < 1.29 is 14.7 Å². The van der Waals surface area contributed by atoms with Gasteiger partial charge in [-0.25, -0.2) is 0 Å². The molecule has 1 atom stereocenters. The lowest BCUT2D eigenvalue weighted by molar-refractivity contribution is -0.125. The van der Waals surface area contributed by atoms with Crippen molar-refractivity contribution in [3.05, 3.63) is 122 Å². The van der Waals surface area contributed by atoms with Gasteiger partial charge in [-0.3, -0.25) is 14.5 Å². The van der Waals surface area contributed by atoms with Crippen molar-refractivity contribution in [3.63, 3.8) is 0 Å². The Morgan fingerprint density at radius 3 is 1.86 bits per heavy atom. The number of allylic oxidation sites excluding steroid dienone is 4. The van der Waals surface area contributed by atoms with E-state index < -0.39 is 5.92 Å². The number of aliphatic hydroxyl groups is 1. The Balaban J connectivity index is 0. The number of anilines is 4. The van der Waals surface area contributed by atoms with E-state index in [0.717, 1.165) is 55.8 Å². The summed E-state index contributed by atoms with van der Waals surface area (Å²) in [6.07, 6.45) is 10.00. The molecule has 0 spiro atoms. The Hall–Kier alpha value is -4.46. The normalized spacial score (nSPS) is 12.8. The number of nitrogens with zero attached hydrogens (tertiary/aromatic N) is 3. The predicted octanol–water partition coefficient (Wildman–Crippen LogP) is 10.5. The summed E-state index contributed by atoms with van der Waals surface area (Å²) >= 11 is 0. The third-order valence-corrected chi connectivity index (χ3v) is 7.39. The van der Waals surface area contributed by atoms with Crippen LogP contribution < -0.4 is 15.1 Å². The maximum absolute atomic E-state index is 14.0. The van der Waals surface area contributed by atoms with Crippen molar-refractivity contribution in [1.29, 1.82) is 0 Å². The van der Waals surface area contributed by atoms with E-state index in [-0.39, 0.29) is 18.2 Å². The molecule has 2 N–H and O–H groups in total. The minimum atomic E-state index is -0.490. The van der Waals surface area contributed by atoms with E-state index >= 15 is 0 Å². The summed E-state index contributed by atoms with van der Waals surface area (Å²) in [6.45, 7) is 25.6. The Labute approximate surface area is 311 Å². The van der Waals surface area contributed by atoms with E-state index in [0.29, 0.717) is 12.6 Å². The Bertz CT molecular complexity index is 1340. The number of fused-ring (bicyclic) bond motifs is 1. The van der Waals surface area contributed by atoms with Crippen molar-refractivity contribution in [2.24, 2.45) is 5.92 Å². The molecule has 0 radical (unpaired) electrons. The summed E-state index contributed by atoms with van der Waals surface area (Å²) in [5, 5.41) is 9.95. The Morgan fingerprint density at radius 2 is 1.41 bits per heavy atom. The molecule has 0 saturated carbocycles. The summed E-state index contributed by atoms with van der Waals surface area (Å²) in [5.41, 5.74) is 3.39. The van der Waals surface area contributed by atoms with Gasteiger partial charge < -0.3 is 20.2 Å². The van der Waals surface area contributed by atoms with Crippen molar-refractivity contribution in [2.75, 3.05) is 48.9 Å². The van der Waals surface area contributed by atoms with Crippen molar-refractivity contribution in [2.45, 2.75) is 80.7 Å². The molecule has 0 fully saturated rings. The zero-order valence-corrected chi connectivity index (χ0v) is 33.3. The van der Waals surface area contributed by atoms with Crippen LogP contribution in [0.2, 0.25) is 0 Å². The number of nitrogens with one attached hydrogen (secondary N) is 1. The van der Waals surface area contributed by atoms with Gasteiger partial charge in [-0.15, -0.1) is 13.2 Å². The van der Waals surface area contributed by atoms with Gasteiger partial charge in [-0.1, -0.05) is 107 Å². The van der Waals surface area contributed by atoms with E-state index in [2.05, 4.69) is 74.3 Å². The number of aliphatic hydroxyl groups excluding tert-OH is 1. The van der Waals surface area contributed by atoms with Gasteiger partial charge in [0.2, 0.25) is 11.8 Å². The van der Waals surface area contributed by atoms with Gasteiger partial charge in [0.25, 0.3) is 0 Å². The van der Waals surface area contributed by atoms with Crippen LogP contribution in [0.25, 0.3) is 0 Å². The number of hydrogen-bond donors (Lipinski definition) is 2. The largest absolute Gasteiger partial charge is 0.400 e. The third kappa shape index (κ3) is 18.9. The topological polar surface area (TPSA) is 76.1 Å². The first kappa shape index (κ1) is 48.7. The zero-order chi connectivity index (χ0) is 39.0. The van der Waals surface area contributed by atoms with Crippen LogP contribution in [0.3, 0.4) is 0 Å². The highest BCUT2D eigenvalue weighted by atomic mass is 16.2. The SMILES string of the molecule is C/C=C\CC.C=CCC=C.CC.CC.CC(C)N(C)CCN1CC(CC(=O)Nc2ccccc2)C(=O)N(c2ccccc2)c2ccccc21.CO. The van der Waals surface area contributed by atoms with Crippen LogP contribution in [0.4, 0.5) is 22.7 Å². The molecule has 1 heterocycles. The molecule has 3 aromatic carbocycles. The van der Waals surface area contributed by atoms with E-state index in [9.17, 15) is 9.59 Å². The fraction of sp³-hybridized carbons (Fsp3) is 0.409. The Kier molecular flexibility index (Phi) is 30.1. The van der Waals surface area contributed by atoms with Gasteiger partial charge in [-0.05, 0) is 77.1 Å². The second-order valence-electron chi connectivity index (χ2n) is 11.1. The van der Waals surface area contributed by atoms with Crippen molar-refractivity contribution >= 4 is 34.6 Å². The molecule has 1 unspecified atom stereocenters. The molecule has 0 bridgehead atoms. The molecule has 1 aliphatic rings. The van der Waals surface area contributed by atoms with Crippen LogP contribution in [0, 0.1) is 5.92 Å². The van der Waals surface area contributed by atoms with Crippen LogP contribution in [0.15, 0.2) is 122 Å². The summed E-state index contributed by atoms with van der Waals surface area (Å²) < 4.78 is 0. The lowest BCUT2D eigenvalue weighted by atomic mass is 10.0.